The maximum Gasteiger partial charge on any atom is 0.227 e. The zero-order valence-electron chi connectivity index (χ0n) is 17.3. The van der Waals surface area contributed by atoms with Gasteiger partial charge in [0.15, 0.2) is 5.82 Å². The third kappa shape index (κ3) is 4.62. The molecule has 2 aromatic carbocycles. The van der Waals surface area contributed by atoms with E-state index in [0.29, 0.717) is 24.5 Å². The topological polar surface area (TPSA) is 49.3 Å². The number of nitrogens with zero attached hydrogens (tertiary/aromatic N) is 4. The standard InChI is InChI=1S/C24H25ClN4O/c1-17-3-8-21(18(2)15-17)22-9-10-23(27-26-22)28-11-13-29(14-12-28)24(30)16-19-4-6-20(25)7-5-19/h3-10,15H,11-14,16H2,1-2H3. The molecule has 6 heteroatoms. The summed E-state index contributed by atoms with van der Waals surface area (Å²) >= 11 is 5.92. The van der Waals surface area contributed by atoms with Gasteiger partial charge in [-0.05, 0) is 49.2 Å². The Morgan fingerprint density at radius 2 is 1.67 bits per heavy atom. The number of amides is 1. The van der Waals surface area contributed by atoms with Crippen LogP contribution in [0.25, 0.3) is 11.3 Å². The third-order valence-corrected chi connectivity index (χ3v) is 5.79. The van der Waals surface area contributed by atoms with Crippen LogP contribution in [0.1, 0.15) is 16.7 Å². The molecule has 0 atom stereocenters. The van der Waals surface area contributed by atoms with E-state index >= 15 is 0 Å². The van der Waals surface area contributed by atoms with Gasteiger partial charge in [0.25, 0.3) is 0 Å². The summed E-state index contributed by atoms with van der Waals surface area (Å²) in [5.74, 6) is 1.00. The first kappa shape index (κ1) is 20.4. The highest BCUT2D eigenvalue weighted by Crippen LogP contribution is 2.23. The molecule has 0 bridgehead atoms. The molecule has 1 amide bonds. The minimum Gasteiger partial charge on any atom is -0.352 e. The summed E-state index contributed by atoms with van der Waals surface area (Å²) in [5.41, 5.74) is 5.42. The molecule has 1 fully saturated rings. The highest BCUT2D eigenvalue weighted by atomic mass is 35.5. The van der Waals surface area contributed by atoms with Crippen molar-refractivity contribution in [1.82, 2.24) is 15.1 Å². The van der Waals surface area contributed by atoms with E-state index < -0.39 is 0 Å². The van der Waals surface area contributed by atoms with Crippen LogP contribution in [0.15, 0.2) is 54.6 Å². The van der Waals surface area contributed by atoms with Gasteiger partial charge in [-0.3, -0.25) is 4.79 Å². The number of halogens is 1. The van der Waals surface area contributed by atoms with E-state index in [1.165, 1.54) is 11.1 Å². The van der Waals surface area contributed by atoms with Crippen molar-refractivity contribution in [3.63, 3.8) is 0 Å². The number of aromatic nitrogens is 2. The van der Waals surface area contributed by atoms with E-state index in [-0.39, 0.29) is 5.91 Å². The summed E-state index contributed by atoms with van der Waals surface area (Å²) in [6.45, 7) is 7.07. The normalized spacial score (nSPS) is 14.1. The molecule has 0 saturated carbocycles. The van der Waals surface area contributed by atoms with Gasteiger partial charge in [0.1, 0.15) is 0 Å². The average molecular weight is 421 g/mol. The minimum absolute atomic E-state index is 0.147. The maximum absolute atomic E-state index is 12.6. The Labute approximate surface area is 182 Å². The van der Waals surface area contributed by atoms with Crippen molar-refractivity contribution >= 4 is 23.3 Å². The SMILES string of the molecule is Cc1ccc(-c2ccc(N3CCN(C(=O)Cc4ccc(Cl)cc4)CC3)nn2)c(C)c1. The van der Waals surface area contributed by atoms with Crippen LogP contribution < -0.4 is 4.90 Å². The fraction of sp³-hybridized carbons (Fsp3) is 0.292. The second-order valence-electron chi connectivity index (χ2n) is 7.77. The quantitative estimate of drug-likeness (QED) is 0.631. The lowest BCUT2D eigenvalue weighted by Crippen LogP contribution is -2.49. The van der Waals surface area contributed by atoms with Crippen molar-refractivity contribution in [3.05, 3.63) is 76.3 Å². The first-order chi connectivity index (χ1) is 14.5. The van der Waals surface area contributed by atoms with Gasteiger partial charge in [-0.15, -0.1) is 10.2 Å². The number of piperazine rings is 1. The van der Waals surface area contributed by atoms with Crippen LogP contribution in [-0.2, 0) is 11.2 Å². The van der Waals surface area contributed by atoms with Crippen LogP contribution in [0.4, 0.5) is 5.82 Å². The largest absolute Gasteiger partial charge is 0.352 e. The number of rotatable bonds is 4. The zero-order valence-corrected chi connectivity index (χ0v) is 18.1. The second-order valence-corrected chi connectivity index (χ2v) is 8.20. The summed E-state index contributed by atoms with van der Waals surface area (Å²) in [5, 5.41) is 9.58. The van der Waals surface area contributed by atoms with Gasteiger partial charge in [0, 0.05) is 36.8 Å². The lowest BCUT2D eigenvalue weighted by molar-refractivity contribution is -0.130. The van der Waals surface area contributed by atoms with Crippen molar-refractivity contribution in [3.8, 4) is 11.3 Å². The van der Waals surface area contributed by atoms with Crippen molar-refractivity contribution in [2.75, 3.05) is 31.1 Å². The molecule has 1 aliphatic rings. The van der Waals surface area contributed by atoms with Crippen LogP contribution in [0.2, 0.25) is 5.02 Å². The Bertz CT molecular complexity index is 1030. The second kappa shape index (κ2) is 8.84. The molecule has 5 nitrogen and oxygen atoms in total. The Balaban J connectivity index is 1.35. The van der Waals surface area contributed by atoms with Crippen LogP contribution in [0.3, 0.4) is 0 Å². The van der Waals surface area contributed by atoms with E-state index in [0.717, 1.165) is 35.7 Å². The third-order valence-electron chi connectivity index (χ3n) is 5.53. The molecule has 0 unspecified atom stereocenters. The fourth-order valence-corrected chi connectivity index (χ4v) is 3.94. The van der Waals surface area contributed by atoms with Gasteiger partial charge in [-0.1, -0.05) is 47.5 Å². The first-order valence-corrected chi connectivity index (χ1v) is 10.6. The molecule has 1 saturated heterocycles. The van der Waals surface area contributed by atoms with Crippen molar-refractivity contribution < 1.29 is 4.79 Å². The first-order valence-electron chi connectivity index (χ1n) is 10.2. The van der Waals surface area contributed by atoms with Gasteiger partial charge in [-0.25, -0.2) is 0 Å². The van der Waals surface area contributed by atoms with Gasteiger partial charge >= 0.3 is 0 Å². The number of carbonyl (C=O) groups excluding carboxylic acids is 1. The highest BCUT2D eigenvalue weighted by molar-refractivity contribution is 6.30. The maximum atomic E-state index is 12.6. The van der Waals surface area contributed by atoms with Gasteiger partial charge < -0.3 is 9.80 Å². The smallest absolute Gasteiger partial charge is 0.227 e. The number of carbonyl (C=O) groups is 1. The summed E-state index contributed by atoms with van der Waals surface area (Å²) in [7, 11) is 0. The van der Waals surface area contributed by atoms with Crippen LogP contribution in [-0.4, -0.2) is 47.2 Å². The van der Waals surface area contributed by atoms with Crippen LogP contribution in [0.5, 0.6) is 0 Å². The van der Waals surface area contributed by atoms with E-state index in [4.69, 9.17) is 11.6 Å². The summed E-state index contributed by atoms with van der Waals surface area (Å²) in [6, 6.07) is 17.9. The molecule has 2 heterocycles. The molecule has 3 aromatic rings. The Hall–Kier alpha value is -2.92. The van der Waals surface area contributed by atoms with E-state index in [2.05, 4.69) is 47.1 Å². The molecular formula is C24H25ClN4O. The van der Waals surface area contributed by atoms with Crippen LogP contribution in [0, 0.1) is 13.8 Å². The predicted octanol–water partition coefficient (Wildman–Crippen LogP) is 4.31. The number of hydrogen-bond acceptors (Lipinski definition) is 4. The molecule has 1 aliphatic heterocycles. The van der Waals surface area contributed by atoms with Gasteiger partial charge in [0.05, 0.1) is 12.1 Å². The van der Waals surface area contributed by atoms with Crippen molar-refractivity contribution in [2.24, 2.45) is 0 Å². The molecule has 30 heavy (non-hydrogen) atoms. The molecule has 0 spiro atoms. The summed E-state index contributed by atoms with van der Waals surface area (Å²) < 4.78 is 0. The monoisotopic (exact) mass is 420 g/mol. The lowest BCUT2D eigenvalue weighted by atomic mass is 10.0. The molecule has 0 N–H and O–H groups in total. The summed E-state index contributed by atoms with van der Waals surface area (Å²) in [6.07, 6.45) is 0.404. The average Bonchev–Trinajstić information content (AvgIpc) is 2.76. The number of benzene rings is 2. The Morgan fingerprint density at radius 1 is 0.933 bits per heavy atom. The van der Waals surface area contributed by atoms with Crippen molar-refractivity contribution in [1.29, 1.82) is 0 Å². The Morgan fingerprint density at radius 3 is 2.30 bits per heavy atom. The van der Waals surface area contributed by atoms with E-state index in [9.17, 15) is 4.79 Å². The highest BCUT2D eigenvalue weighted by Gasteiger charge is 2.22. The van der Waals surface area contributed by atoms with E-state index in [1.54, 1.807) is 0 Å². The zero-order chi connectivity index (χ0) is 21.1. The molecular weight excluding hydrogens is 396 g/mol. The van der Waals surface area contributed by atoms with E-state index in [1.807, 2.05) is 41.3 Å². The molecule has 1 aromatic heterocycles. The fourth-order valence-electron chi connectivity index (χ4n) is 3.81. The lowest BCUT2D eigenvalue weighted by Gasteiger charge is -2.35. The Kier molecular flexibility index (Phi) is 6.00. The molecule has 154 valence electrons. The number of hydrogen-bond donors (Lipinski definition) is 0. The molecule has 4 rings (SSSR count). The minimum atomic E-state index is 0.147. The summed E-state index contributed by atoms with van der Waals surface area (Å²) in [4.78, 5) is 16.7. The number of aryl methyl sites for hydroxylation is 2. The predicted molar refractivity (Wildman–Crippen MR) is 121 cm³/mol. The number of anilines is 1. The van der Waals surface area contributed by atoms with Crippen LogP contribution >= 0.6 is 11.6 Å². The molecule has 0 radical (unpaired) electrons. The van der Waals surface area contributed by atoms with Gasteiger partial charge in [0.2, 0.25) is 5.91 Å². The molecule has 0 aliphatic carbocycles. The van der Waals surface area contributed by atoms with Crippen molar-refractivity contribution in [2.45, 2.75) is 20.3 Å². The van der Waals surface area contributed by atoms with Gasteiger partial charge in [-0.2, -0.15) is 0 Å².